The Bertz CT molecular complexity index is 2430. The van der Waals surface area contributed by atoms with Gasteiger partial charge in [-0.1, -0.05) is 12.0 Å². The molecule has 9 rings (SSSR count). The van der Waals surface area contributed by atoms with E-state index in [9.17, 15) is 18.7 Å². The Labute approximate surface area is 312 Å². The number of piperazine rings is 1. The quantitative estimate of drug-likeness (QED) is 0.125. The number of aromatic nitrogens is 5. The molecule has 3 unspecified atom stereocenters. The van der Waals surface area contributed by atoms with Crippen LogP contribution in [0.2, 0.25) is 0 Å². The van der Waals surface area contributed by atoms with Crippen LogP contribution in [0.3, 0.4) is 0 Å². The summed E-state index contributed by atoms with van der Waals surface area (Å²) in [4.78, 5) is 40.6. The van der Waals surface area contributed by atoms with E-state index in [4.69, 9.17) is 16.1 Å². The molecule has 4 aliphatic rings. The number of phenolic OH excluding ortho intramolecular Hbond substituents is 1. The molecule has 4 fully saturated rings. The van der Waals surface area contributed by atoms with Crippen molar-refractivity contribution >= 4 is 39.5 Å². The summed E-state index contributed by atoms with van der Waals surface area (Å²) in [5.74, 6) is -0.834. The Morgan fingerprint density at radius 1 is 1.11 bits per heavy atom. The van der Waals surface area contributed by atoms with Gasteiger partial charge in [-0.25, -0.2) is 27.5 Å². The maximum absolute atomic E-state index is 17.1. The van der Waals surface area contributed by atoms with Gasteiger partial charge in [0.25, 0.3) is 5.91 Å². The van der Waals surface area contributed by atoms with Gasteiger partial charge in [0, 0.05) is 55.5 Å². The zero-order chi connectivity index (χ0) is 38.0. The van der Waals surface area contributed by atoms with Crippen molar-refractivity contribution in [2.75, 3.05) is 37.7 Å². The van der Waals surface area contributed by atoms with Gasteiger partial charge in [-0.2, -0.15) is 9.97 Å². The van der Waals surface area contributed by atoms with Crippen molar-refractivity contribution in [2.24, 2.45) is 0 Å². The third-order valence-corrected chi connectivity index (χ3v) is 11.4. The first-order valence-corrected chi connectivity index (χ1v) is 18.1. The fourth-order valence-electron chi connectivity index (χ4n) is 9.02. The number of fused-ring (bicyclic) bond motifs is 5. The highest BCUT2D eigenvalue weighted by atomic mass is 19.1. The highest BCUT2D eigenvalue weighted by Gasteiger charge is 2.50. The highest BCUT2D eigenvalue weighted by molar-refractivity contribution is 6.03. The van der Waals surface area contributed by atoms with Crippen LogP contribution in [0.4, 0.5) is 23.4 Å². The summed E-state index contributed by atoms with van der Waals surface area (Å²) < 4.78 is 68.2. The Morgan fingerprint density at radius 3 is 2.69 bits per heavy atom. The van der Waals surface area contributed by atoms with Crippen molar-refractivity contribution in [1.82, 2.24) is 34.7 Å². The second kappa shape index (κ2) is 13.5. The van der Waals surface area contributed by atoms with E-state index in [2.05, 4.69) is 30.8 Å². The third-order valence-electron chi connectivity index (χ3n) is 11.4. The SMILES string of the molecule is C#Cc1c(F)ccc2cc(O)cc(-c3ncc4c(N5CC6CCC(C5)N6C(=O)/C(F)=C/c5ccncn5)nc(OC[C@@]56CCCN5CC(F)C6)nc4c3F)c12. The molecule has 15 heteroatoms. The number of halogens is 4. The number of terminal acetylenes is 1. The predicted octanol–water partition coefficient (Wildman–Crippen LogP) is 5.75. The van der Waals surface area contributed by atoms with Crippen molar-refractivity contribution in [2.45, 2.75) is 55.9 Å². The van der Waals surface area contributed by atoms with Gasteiger partial charge in [-0.3, -0.25) is 14.7 Å². The fourth-order valence-corrected chi connectivity index (χ4v) is 9.02. The first-order valence-electron chi connectivity index (χ1n) is 18.1. The summed E-state index contributed by atoms with van der Waals surface area (Å²) in [6, 6.07) is 5.88. The zero-order valence-corrected chi connectivity index (χ0v) is 29.4. The van der Waals surface area contributed by atoms with Crippen molar-refractivity contribution in [3.8, 4) is 35.4 Å². The number of hydrogen-bond acceptors (Lipinski definition) is 10. The van der Waals surface area contributed by atoms with E-state index in [-0.39, 0.29) is 82.3 Å². The normalized spacial score (nSPS) is 23.8. The lowest BCUT2D eigenvalue weighted by atomic mass is 9.95. The Morgan fingerprint density at radius 2 is 1.93 bits per heavy atom. The minimum absolute atomic E-state index is 0.0622. The van der Waals surface area contributed by atoms with Crippen LogP contribution in [0.1, 0.15) is 43.4 Å². The number of pyridine rings is 1. The molecule has 2 bridgehead atoms. The van der Waals surface area contributed by atoms with Crippen LogP contribution in [0.5, 0.6) is 11.8 Å². The number of anilines is 1. The van der Waals surface area contributed by atoms with E-state index >= 15 is 8.78 Å². The van der Waals surface area contributed by atoms with E-state index in [0.717, 1.165) is 25.5 Å². The number of carbonyl (C=O) groups is 1. The molecule has 4 saturated heterocycles. The predicted molar refractivity (Wildman–Crippen MR) is 195 cm³/mol. The van der Waals surface area contributed by atoms with Crippen LogP contribution in [0.25, 0.3) is 39.0 Å². The molecule has 7 heterocycles. The molecule has 3 aromatic heterocycles. The first-order chi connectivity index (χ1) is 26.6. The number of rotatable bonds is 7. The molecule has 1 N–H and O–H groups in total. The van der Waals surface area contributed by atoms with Gasteiger partial charge in [0.05, 0.1) is 34.3 Å². The summed E-state index contributed by atoms with van der Waals surface area (Å²) in [7, 11) is 0. The van der Waals surface area contributed by atoms with Crippen LogP contribution in [-0.2, 0) is 4.79 Å². The maximum Gasteiger partial charge on any atom is 0.319 e. The van der Waals surface area contributed by atoms with Crippen LogP contribution in [0, 0.1) is 24.0 Å². The van der Waals surface area contributed by atoms with Gasteiger partial charge in [-0.15, -0.1) is 6.42 Å². The number of nitrogens with zero attached hydrogens (tertiary/aromatic N) is 8. The van der Waals surface area contributed by atoms with Crippen LogP contribution < -0.4 is 9.64 Å². The topological polar surface area (TPSA) is 121 Å². The molecule has 0 saturated carbocycles. The van der Waals surface area contributed by atoms with Gasteiger partial charge in [0.1, 0.15) is 47.7 Å². The summed E-state index contributed by atoms with van der Waals surface area (Å²) >= 11 is 0. The van der Waals surface area contributed by atoms with Gasteiger partial charge in [-0.05, 0) is 61.9 Å². The number of hydrogen-bond donors (Lipinski definition) is 1. The van der Waals surface area contributed by atoms with Gasteiger partial charge in [0.2, 0.25) is 0 Å². The second-order valence-corrected chi connectivity index (χ2v) is 14.7. The van der Waals surface area contributed by atoms with Crippen LogP contribution in [0.15, 0.2) is 54.9 Å². The van der Waals surface area contributed by atoms with Crippen molar-refractivity contribution in [1.29, 1.82) is 0 Å². The van der Waals surface area contributed by atoms with Crippen LogP contribution >= 0.6 is 0 Å². The minimum atomic E-state index is -0.993. The molecule has 4 aliphatic heterocycles. The number of phenols is 1. The monoisotopic (exact) mass is 750 g/mol. The Balaban J connectivity index is 1.12. The molecule has 11 nitrogen and oxygen atoms in total. The van der Waals surface area contributed by atoms with Crippen LogP contribution in [-0.4, -0.2) is 102 Å². The summed E-state index contributed by atoms with van der Waals surface area (Å²) in [5.41, 5.74) is -0.711. The molecule has 55 heavy (non-hydrogen) atoms. The van der Waals surface area contributed by atoms with Gasteiger partial charge in [0.15, 0.2) is 11.6 Å². The molecule has 1 amide bonds. The van der Waals surface area contributed by atoms with Crippen molar-refractivity contribution < 1.29 is 32.2 Å². The van der Waals surface area contributed by atoms with E-state index in [1.165, 1.54) is 49.1 Å². The Hall–Kier alpha value is -5.88. The molecular formula is C40H34F4N8O3. The summed E-state index contributed by atoms with van der Waals surface area (Å²) in [6.45, 7) is 1.65. The van der Waals surface area contributed by atoms with E-state index < -0.39 is 35.1 Å². The van der Waals surface area contributed by atoms with Gasteiger partial charge < -0.3 is 19.6 Å². The molecule has 5 aromatic rings. The maximum atomic E-state index is 17.1. The average molecular weight is 751 g/mol. The van der Waals surface area contributed by atoms with E-state index in [0.29, 0.717) is 37.0 Å². The zero-order valence-electron chi connectivity index (χ0n) is 29.4. The lowest BCUT2D eigenvalue weighted by Crippen LogP contribution is -2.56. The summed E-state index contributed by atoms with van der Waals surface area (Å²) in [5, 5.41) is 11.4. The largest absolute Gasteiger partial charge is 0.508 e. The summed E-state index contributed by atoms with van der Waals surface area (Å²) in [6.07, 6.45) is 13.1. The number of ether oxygens (including phenoxy) is 1. The first kappa shape index (κ1) is 34.9. The number of aromatic hydroxyl groups is 1. The molecular weight excluding hydrogens is 716 g/mol. The molecule has 0 radical (unpaired) electrons. The molecule has 0 spiro atoms. The molecule has 2 aromatic carbocycles. The number of benzene rings is 2. The number of amides is 1. The minimum Gasteiger partial charge on any atom is -0.508 e. The smallest absolute Gasteiger partial charge is 0.319 e. The van der Waals surface area contributed by atoms with E-state index in [1.807, 2.05) is 4.90 Å². The standard InChI is InChI=1S/C40H34F4N8O3/c1-2-28-31(42)7-4-22-12-27(53)14-29(33(22)28)35-34(44)36-30(16-46-35)37(49-39(48-36)55-20-40-9-3-11-51(40)17-23(41)15-40)50-18-25-5-6-26(19-50)52(25)38(54)32(43)13-24-8-10-45-21-47-24/h1,4,7-8,10,12-14,16,21,23,25-26,53H,3,5-6,9,11,15,17-20H2/b32-13-/t23?,25?,26?,40-/m0/s1. The second-order valence-electron chi connectivity index (χ2n) is 14.7. The fraction of sp³-hybridized carbons (Fsp3) is 0.350. The lowest BCUT2D eigenvalue weighted by molar-refractivity contribution is -0.131. The lowest BCUT2D eigenvalue weighted by Gasteiger charge is -2.41. The molecule has 0 aliphatic carbocycles. The number of alkyl halides is 1. The third kappa shape index (κ3) is 5.95. The highest BCUT2D eigenvalue weighted by Crippen LogP contribution is 2.43. The average Bonchev–Trinajstić information content (AvgIpc) is 3.80. The number of carbonyl (C=O) groups excluding carboxylic acids is 1. The van der Waals surface area contributed by atoms with Crippen molar-refractivity contribution in [3.63, 3.8) is 0 Å². The molecule has 4 atom stereocenters. The van der Waals surface area contributed by atoms with Gasteiger partial charge >= 0.3 is 6.01 Å². The van der Waals surface area contributed by atoms with E-state index in [1.54, 1.807) is 4.90 Å². The molecule has 280 valence electrons. The van der Waals surface area contributed by atoms with Crippen molar-refractivity contribution in [3.05, 3.63) is 77.8 Å². The Kier molecular flexibility index (Phi) is 8.53.